The van der Waals surface area contributed by atoms with Gasteiger partial charge >= 0.3 is 6.18 Å². The molecule has 0 spiro atoms. The van der Waals surface area contributed by atoms with Gasteiger partial charge in [-0.3, -0.25) is 0 Å². The van der Waals surface area contributed by atoms with E-state index in [1.54, 1.807) is 0 Å². The fourth-order valence-corrected chi connectivity index (χ4v) is 2.07. The summed E-state index contributed by atoms with van der Waals surface area (Å²) in [6.45, 7) is 1.24. The van der Waals surface area contributed by atoms with Crippen molar-refractivity contribution in [3.8, 4) is 0 Å². The van der Waals surface area contributed by atoms with Crippen LogP contribution >= 0.6 is 0 Å². The zero-order valence-electron chi connectivity index (χ0n) is 9.22. The van der Waals surface area contributed by atoms with Crippen LogP contribution in [0.5, 0.6) is 0 Å². The number of halogens is 3. The van der Waals surface area contributed by atoms with Crippen molar-refractivity contribution in [2.24, 2.45) is 0 Å². The van der Waals surface area contributed by atoms with Crippen LogP contribution in [0.1, 0.15) is 17.5 Å². The maximum absolute atomic E-state index is 12.3. The maximum Gasteiger partial charge on any atom is 0.416 e. The maximum atomic E-state index is 12.3. The highest BCUT2D eigenvalue weighted by Crippen LogP contribution is 2.30. The van der Waals surface area contributed by atoms with E-state index in [2.05, 4.69) is 5.32 Å². The molecule has 2 rings (SSSR count). The van der Waals surface area contributed by atoms with Crippen molar-refractivity contribution < 1.29 is 18.3 Å². The zero-order chi connectivity index (χ0) is 12.5. The highest BCUT2D eigenvalue weighted by atomic mass is 19.4. The Morgan fingerprint density at radius 3 is 2.35 bits per heavy atom. The summed E-state index contributed by atoms with van der Waals surface area (Å²) in [6, 6.07) is 4.97. The largest absolute Gasteiger partial charge is 0.416 e. The number of alkyl halides is 3. The predicted octanol–water partition coefficient (Wildman–Crippen LogP) is 1.97. The van der Waals surface area contributed by atoms with Crippen LogP contribution in [0, 0.1) is 0 Å². The second-order valence-corrected chi connectivity index (χ2v) is 4.52. The highest BCUT2D eigenvalue weighted by Gasteiger charge is 2.32. The molecule has 2 nitrogen and oxygen atoms in total. The summed E-state index contributed by atoms with van der Waals surface area (Å²) in [7, 11) is 0. The lowest BCUT2D eigenvalue weighted by Crippen LogP contribution is -2.33. The minimum absolute atomic E-state index is 0.387. The highest BCUT2D eigenvalue weighted by molar-refractivity contribution is 5.26. The molecule has 1 aromatic rings. The Labute approximate surface area is 97.5 Å². The molecule has 1 aliphatic heterocycles. The van der Waals surface area contributed by atoms with Gasteiger partial charge in [-0.05, 0) is 30.7 Å². The molecule has 1 atom stereocenters. The van der Waals surface area contributed by atoms with Crippen LogP contribution in [0.3, 0.4) is 0 Å². The first-order chi connectivity index (χ1) is 7.89. The van der Waals surface area contributed by atoms with Crippen LogP contribution in [-0.2, 0) is 12.6 Å². The first kappa shape index (κ1) is 12.4. The van der Waals surface area contributed by atoms with Gasteiger partial charge < -0.3 is 10.4 Å². The van der Waals surface area contributed by atoms with E-state index in [-0.39, 0.29) is 0 Å². The van der Waals surface area contributed by atoms with Crippen LogP contribution in [0.15, 0.2) is 24.3 Å². The third-order valence-corrected chi connectivity index (χ3v) is 3.04. The molecule has 2 N–H and O–H groups in total. The molecule has 0 radical (unpaired) electrons. The Bertz CT molecular complexity index is 380. The van der Waals surface area contributed by atoms with Crippen LogP contribution in [0.25, 0.3) is 0 Å². The minimum atomic E-state index is -4.30. The smallest absolute Gasteiger partial charge is 0.388 e. The second-order valence-electron chi connectivity index (χ2n) is 4.52. The average molecular weight is 245 g/mol. The van der Waals surface area contributed by atoms with Gasteiger partial charge in [0.05, 0.1) is 11.2 Å². The van der Waals surface area contributed by atoms with Crippen molar-refractivity contribution in [1.29, 1.82) is 0 Å². The van der Waals surface area contributed by atoms with Crippen molar-refractivity contribution >= 4 is 0 Å². The summed E-state index contributed by atoms with van der Waals surface area (Å²) >= 11 is 0. The van der Waals surface area contributed by atoms with Crippen molar-refractivity contribution in [3.05, 3.63) is 35.4 Å². The van der Waals surface area contributed by atoms with E-state index in [4.69, 9.17) is 0 Å². The molecular formula is C12H14F3NO. The normalized spacial score (nSPS) is 25.2. The zero-order valence-corrected chi connectivity index (χ0v) is 9.22. The van der Waals surface area contributed by atoms with E-state index in [1.165, 1.54) is 12.1 Å². The van der Waals surface area contributed by atoms with E-state index in [0.29, 0.717) is 19.4 Å². The quantitative estimate of drug-likeness (QED) is 0.835. The van der Waals surface area contributed by atoms with Gasteiger partial charge in [0.25, 0.3) is 0 Å². The first-order valence-electron chi connectivity index (χ1n) is 5.48. The van der Waals surface area contributed by atoms with Crippen LogP contribution < -0.4 is 5.32 Å². The molecule has 1 saturated heterocycles. The number of benzene rings is 1. The molecule has 1 unspecified atom stereocenters. The lowest BCUT2D eigenvalue weighted by Gasteiger charge is -2.21. The molecule has 1 aliphatic rings. The van der Waals surface area contributed by atoms with Gasteiger partial charge in [-0.2, -0.15) is 13.2 Å². The van der Waals surface area contributed by atoms with Crippen LogP contribution in [-0.4, -0.2) is 23.8 Å². The van der Waals surface area contributed by atoms with Crippen LogP contribution in [0.2, 0.25) is 0 Å². The molecule has 0 bridgehead atoms. The molecule has 1 heterocycles. The summed E-state index contributed by atoms with van der Waals surface area (Å²) in [6.07, 6.45) is -3.28. The average Bonchev–Trinajstić information content (AvgIpc) is 2.64. The van der Waals surface area contributed by atoms with Crippen LogP contribution in [0.4, 0.5) is 13.2 Å². The number of hydrogen-bond donors (Lipinski definition) is 2. The minimum Gasteiger partial charge on any atom is -0.388 e. The standard InChI is InChI=1S/C12H14F3NO/c13-12(14,15)10-3-1-9(2-4-10)7-11(17)5-6-16-8-11/h1-4,16-17H,5-8H2. The number of aliphatic hydroxyl groups is 1. The molecule has 5 heteroatoms. The lowest BCUT2D eigenvalue weighted by atomic mass is 9.93. The number of rotatable bonds is 2. The van der Waals surface area contributed by atoms with E-state index in [0.717, 1.165) is 24.2 Å². The van der Waals surface area contributed by atoms with E-state index < -0.39 is 17.3 Å². The third-order valence-electron chi connectivity index (χ3n) is 3.04. The SMILES string of the molecule is OC1(Cc2ccc(C(F)(F)F)cc2)CCNC1. The molecule has 94 valence electrons. The Balaban J connectivity index is 2.08. The van der Waals surface area contributed by atoms with Gasteiger partial charge in [0.15, 0.2) is 0 Å². The fraction of sp³-hybridized carbons (Fsp3) is 0.500. The van der Waals surface area contributed by atoms with E-state index in [1.807, 2.05) is 0 Å². The van der Waals surface area contributed by atoms with Crippen molar-refractivity contribution in [2.75, 3.05) is 13.1 Å². The first-order valence-corrected chi connectivity index (χ1v) is 5.48. The summed E-state index contributed by atoms with van der Waals surface area (Å²) in [5, 5.41) is 13.1. The molecule has 17 heavy (non-hydrogen) atoms. The van der Waals surface area contributed by atoms with Gasteiger partial charge in [-0.25, -0.2) is 0 Å². The third kappa shape index (κ3) is 2.98. The van der Waals surface area contributed by atoms with Gasteiger partial charge in [0.1, 0.15) is 0 Å². The molecule has 0 aliphatic carbocycles. The van der Waals surface area contributed by atoms with Gasteiger partial charge in [-0.1, -0.05) is 12.1 Å². The Morgan fingerprint density at radius 2 is 1.88 bits per heavy atom. The number of hydrogen-bond acceptors (Lipinski definition) is 2. The van der Waals surface area contributed by atoms with Crippen molar-refractivity contribution in [1.82, 2.24) is 5.32 Å². The lowest BCUT2D eigenvalue weighted by molar-refractivity contribution is -0.137. The Morgan fingerprint density at radius 1 is 1.24 bits per heavy atom. The second kappa shape index (κ2) is 4.31. The summed E-state index contributed by atoms with van der Waals surface area (Å²) in [5.41, 5.74) is -0.748. The van der Waals surface area contributed by atoms with Gasteiger partial charge in [-0.15, -0.1) is 0 Å². The number of nitrogens with one attached hydrogen (secondary N) is 1. The van der Waals surface area contributed by atoms with E-state index >= 15 is 0 Å². The monoisotopic (exact) mass is 245 g/mol. The molecule has 0 aromatic heterocycles. The predicted molar refractivity (Wildman–Crippen MR) is 57.6 cm³/mol. The van der Waals surface area contributed by atoms with Crippen molar-refractivity contribution in [2.45, 2.75) is 24.6 Å². The molecule has 1 aromatic carbocycles. The molecule has 0 saturated carbocycles. The van der Waals surface area contributed by atoms with Crippen molar-refractivity contribution in [3.63, 3.8) is 0 Å². The fourth-order valence-electron chi connectivity index (χ4n) is 2.07. The topological polar surface area (TPSA) is 32.3 Å². The summed E-state index contributed by atoms with van der Waals surface area (Å²) < 4.78 is 37.0. The Kier molecular flexibility index (Phi) is 3.14. The number of β-amino-alcohol motifs (C(OH)–C–C–N with tert-alkyl or cyclic N) is 1. The Hall–Kier alpha value is -1.07. The molecule has 1 fully saturated rings. The molecular weight excluding hydrogens is 231 g/mol. The summed E-state index contributed by atoms with van der Waals surface area (Å²) in [5.74, 6) is 0. The van der Waals surface area contributed by atoms with Gasteiger partial charge in [0.2, 0.25) is 0 Å². The van der Waals surface area contributed by atoms with E-state index in [9.17, 15) is 18.3 Å². The van der Waals surface area contributed by atoms with Gasteiger partial charge in [0, 0.05) is 13.0 Å². The summed E-state index contributed by atoms with van der Waals surface area (Å²) in [4.78, 5) is 0. The molecule has 0 amide bonds.